The third-order valence-electron chi connectivity index (χ3n) is 14.4. The summed E-state index contributed by atoms with van der Waals surface area (Å²) in [5.41, 5.74) is 0. The zero-order valence-corrected chi connectivity index (χ0v) is 43.7. The Labute approximate surface area is 411 Å². The summed E-state index contributed by atoms with van der Waals surface area (Å²) in [5.74, 6) is -0.690. The average molecular weight is 959 g/mol. The van der Waals surface area contributed by atoms with Crippen molar-refractivity contribution in [3.8, 4) is 0 Å². The van der Waals surface area contributed by atoms with Gasteiger partial charge in [-0.25, -0.2) is 0 Å². The summed E-state index contributed by atoms with van der Waals surface area (Å²) in [4.78, 5) is 13.2. The summed E-state index contributed by atoms with van der Waals surface area (Å²) in [5, 5.41) is 76.0. The monoisotopic (exact) mass is 958 g/mol. The number of hydrogen-bond acceptors (Lipinski definition) is 10. The minimum atomic E-state index is -1.66. The summed E-state index contributed by atoms with van der Waals surface area (Å²) < 4.78 is 11.1. The molecule has 0 bridgehead atoms. The van der Waals surface area contributed by atoms with Crippen molar-refractivity contribution in [2.45, 2.75) is 339 Å². The van der Waals surface area contributed by atoms with Gasteiger partial charge in [-0.1, -0.05) is 271 Å². The maximum absolute atomic E-state index is 13.2. The van der Waals surface area contributed by atoms with Crippen molar-refractivity contribution in [3.63, 3.8) is 0 Å². The van der Waals surface area contributed by atoms with Gasteiger partial charge in [-0.2, -0.15) is 0 Å². The first-order valence-corrected chi connectivity index (χ1v) is 28.9. The first-order valence-electron chi connectivity index (χ1n) is 28.9. The molecular formula is C56H111NO10. The molecule has 0 aromatic carbocycles. The molecule has 0 radical (unpaired) electrons. The Morgan fingerprint density at radius 1 is 0.463 bits per heavy atom. The van der Waals surface area contributed by atoms with Crippen molar-refractivity contribution in [1.82, 2.24) is 5.32 Å². The van der Waals surface area contributed by atoms with Gasteiger partial charge in [0.05, 0.1) is 25.4 Å². The molecule has 8 N–H and O–H groups in total. The molecule has 1 rings (SSSR count). The predicted molar refractivity (Wildman–Crippen MR) is 275 cm³/mol. The SMILES string of the molecule is CCCCCCCCCCCCCCCCCCCCCCCCCCCCC(O)C(=O)NC(COC1OC(CO)C(O)C(O)C1O)C(O)C(O)CCCCCCCCCCCCCCCC. The number of aliphatic hydroxyl groups is 7. The van der Waals surface area contributed by atoms with Gasteiger partial charge < -0.3 is 50.5 Å². The summed E-state index contributed by atoms with van der Waals surface area (Å²) in [6.07, 6.45) is 40.2. The van der Waals surface area contributed by atoms with Crippen LogP contribution in [0.4, 0.5) is 0 Å². The molecule has 1 fully saturated rings. The largest absolute Gasteiger partial charge is 0.394 e. The van der Waals surface area contributed by atoms with E-state index < -0.39 is 74.2 Å². The number of rotatable bonds is 50. The summed E-state index contributed by atoms with van der Waals surface area (Å²) >= 11 is 0. The van der Waals surface area contributed by atoms with E-state index in [4.69, 9.17) is 9.47 Å². The molecule has 1 heterocycles. The Hall–Kier alpha value is -0.890. The van der Waals surface area contributed by atoms with Gasteiger partial charge in [-0.15, -0.1) is 0 Å². The zero-order valence-electron chi connectivity index (χ0n) is 43.7. The van der Waals surface area contributed by atoms with Gasteiger partial charge >= 0.3 is 0 Å². The molecular weight excluding hydrogens is 847 g/mol. The van der Waals surface area contributed by atoms with Crippen LogP contribution in [0.25, 0.3) is 0 Å². The second-order valence-electron chi connectivity index (χ2n) is 20.7. The van der Waals surface area contributed by atoms with E-state index in [9.17, 15) is 40.5 Å². The molecule has 0 aliphatic carbocycles. The van der Waals surface area contributed by atoms with Crippen LogP contribution in [0, 0.1) is 0 Å². The van der Waals surface area contributed by atoms with Crippen LogP contribution >= 0.6 is 0 Å². The van der Waals surface area contributed by atoms with Crippen LogP contribution in [0.1, 0.15) is 284 Å². The first-order chi connectivity index (χ1) is 32.7. The van der Waals surface area contributed by atoms with Crippen molar-refractivity contribution >= 4 is 5.91 Å². The molecule has 1 amide bonds. The van der Waals surface area contributed by atoms with Crippen LogP contribution in [-0.2, 0) is 14.3 Å². The smallest absolute Gasteiger partial charge is 0.249 e. The number of carbonyl (C=O) groups excluding carboxylic acids is 1. The van der Waals surface area contributed by atoms with E-state index >= 15 is 0 Å². The molecule has 0 saturated carbocycles. The van der Waals surface area contributed by atoms with E-state index in [1.54, 1.807) is 0 Å². The number of amides is 1. The van der Waals surface area contributed by atoms with Crippen molar-refractivity contribution in [2.75, 3.05) is 13.2 Å². The molecule has 67 heavy (non-hydrogen) atoms. The van der Waals surface area contributed by atoms with Crippen molar-refractivity contribution in [1.29, 1.82) is 0 Å². The van der Waals surface area contributed by atoms with Crippen LogP contribution < -0.4 is 5.32 Å². The van der Waals surface area contributed by atoms with Gasteiger partial charge in [0.25, 0.3) is 0 Å². The van der Waals surface area contributed by atoms with Crippen LogP contribution in [0.15, 0.2) is 0 Å². The third kappa shape index (κ3) is 35.0. The fourth-order valence-corrected chi connectivity index (χ4v) is 9.68. The number of carbonyl (C=O) groups is 1. The van der Waals surface area contributed by atoms with E-state index in [0.717, 1.165) is 38.5 Å². The number of hydrogen-bond donors (Lipinski definition) is 8. The highest BCUT2D eigenvalue weighted by Crippen LogP contribution is 2.24. The lowest BCUT2D eigenvalue weighted by Crippen LogP contribution is -2.60. The number of ether oxygens (including phenoxy) is 2. The quantitative estimate of drug-likeness (QED) is 0.0273. The maximum atomic E-state index is 13.2. The second-order valence-corrected chi connectivity index (χ2v) is 20.7. The highest BCUT2D eigenvalue weighted by Gasteiger charge is 2.44. The topological polar surface area (TPSA) is 189 Å². The molecule has 400 valence electrons. The minimum absolute atomic E-state index is 0.267. The van der Waals surface area contributed by atoms with Gasteiger partial charge in [0.2, 0.25) is 5.91 Å². The maximum Gasteiger partial charge on any atom is 0.249 e. The summed E-state index contributed by atoms with van der Waals surface area (Å²) in [7, 11) is 0. The molecule has 9 unspecified atom stereocenters. The lowest BCUT2D eigenvalue weighted by atomic mass is 9.98. The zero-order chi connectivity index (χ0) is 49.0. The molecule has 1 aliphatic heterocycles. The molecule has 11 nitrogen and oxygen atoms in total. The van der Waals surface area contributed by atoms with Crippen LogP contribution in [-0.4, -0.2) is 110 Å². The highest BCUT2D eigenvalue weighted by molar-refractivity contribution is 5.80. The van der Waals surface area contributed by atoms with Gasteiger partial charge in [-0.3, -0.25) is 4.79 Å². The van der Waals surface area contributed by atoms with E-state index in [-0.39, 0.29) is 6.42 Å². The molecule has 0 aromatic rings. The van der Waals surface area contributed by atoms with E-state index in [1.807, 2.05) is 0 Å². The Morgan fingerprint density at radius 3 is 1.10 bits per heavy atom. The summed E-state index contributed by atoms with van der Waals surface area (Å²) in [6.45, 7) is 3.49. The van der Waals surface area contributed by atoms with Crippen molar-refractivity contribution in [3.05, 3.63) is 0 Å². The fraction of sp³-hybridized carbons (Fsp3) is 0.982. The Kier molecular flexibility index (Phi) is 44.2. The third-order valence-corrected chi connectivity index (χ3v) is 14.4. The molecule has 1 aliphatic rings. The fourth-order valence-electron chi connectivity index (χ4n) is 9.68. The number of aliphatic hydroxyl groups excluding tert-OH is 7. The number of nitrogens with one attached hydrogen (secondary N) is 1. The van der Waals surface area contributed by atoms with Gasteiger partial charge in [0.1, 0.15) is 36.6 Å². The lowest BCUT2D eigenvalue weighted by molar-refractivity contribution is -0.303. The lowest BCUT2D eigenvalue weighted by Gasteiger charge is -2.40. The van der Waals surface area contributed by atoms with Crippen LogP contribution in [0.3, 0.4) is 0 Å². The average Bonchev–Trinajstić information content (AvgIpc) is 3.33. The molecule has 0 spiro atoms. The van der Waals surface area contributed by atoms with Gasteiger partial charge in [0.15, 0.2) is 6.29 Å². The van der Waals surface area contributed by atoms with Crippen LogP contribution in [0.5, 0.6) is 0 Å². The second kappa shape index (κ2) is 46.2. The summed E-state index contributed by atoms with van der Waals surface area (Å²) in [6, 6.07) is -1.16. The van der Waals surface area contributed by atoms with E-state index in [1.165, 1.54) is 205 Å². The van der Waals surface area contributed by atoms with Crippen molar-refractivity contribution in [2.24, 2.45) is 0 Å². The van der Waals surface area contributed by atoms with E-state index in [2.05, 4.69) is 19.2 Å². The number of unbranched alkanes of at least 4 members (excludes halogenated alkanes) is 38. The highest BCUT2D eigenvalue weighted by atomic mass is 16.7. The van der Waals surface area contributed by atoms with Gasteiger partial charge in [0, 0.05) is 0 Å². The molecule has 0 aromatic heterocycles. The molecule has 9 atom stereocenters. The standard InChI is InChI=1S/C56H111NO10/c1-3-5-7-9-11-13-15-17-19-20-21-22-23-24-25-26-27-28-29-30-32-34-36-38-40-42-44-49(60)55(65)57-47(46-66-56-54(64)53(63)52(62)50(45-58)67-56)51(61)48(59)43-41-39-37-35-33-31-18-16-14-12-10-8-6-4-2/h47-54,56,58-64H,3-46H2,1-2H3,(H,57,65). The van der Waals surface area contributed by atoms with Crippen molar-refractivity contribution < 1.29 is 50.0 Å². The first kappa shape index (κ1) is 64.1. The minimum Gasteiger partial charge on any atom is -0.394 e. The Morgan fingerprint density at radius 2 is 0.776 bits per heavy atom. The molecule has 1 saturated heterocycles. The Bertz CT molecular complexity index is 1050. The molecule has 11 heteroatoms. The Balaban J connectivity index is 2.25. The van der Waals surface area contributed by atoms with Gasteiger partial charge in [-0.05, 0) is 12.8 Å². The van der Waals surface area contributed by atoms with Crippen LogP contribution in [0.2, 0.25) is 0 Å². The normalized spacial score (nSPS) is 20.5. The van der Waals surface area contributed by atoms with E-state index in [0.29, 0.717) is 19.3 Å². The predicted octanol–water partition coefficient (Wildman–Crippen LogP) is 11.8.